The SMILES string of the molecule is CCCCN(C)c1cccc(Cn2ccnc2)c1. The lowest BCUT2D eigenvalue weighted by molar-refractivity contribution is 0.763. The molecule has 18 heavy (non-hydrogen) atoms. The van der Waals surface area contributed by atoms with Crippen molar-refractivity contribution in [3.05, 3.63) is 48.5 Å². The maximum atomic E-state index is 4.07. The lowest BCUT2D eigenvalue weighted by Gasteiger charge is -2.19. The Hall–Kier alpha value is -1.77. The van der Waals surface area contributed by atoms with Crippen molar-refractivity contribution in [2.24, 2.45) is 0 Å². The third-order valence-electron chi connectivity index (χ3n) is 3.12. The van der Waals surface area contributed by atoms with Crippen LogP contribution >= 0.6 is 0 Å². The Morgan fingerprint density at radius 3 is 2.94 bits per heavy atom. The standard InChI is InChI=1S/C15H21N3/c1-3-4-9-17(2)15-7-5-6-14(11-15)12-18-10-8-16-13-18/h5-8,10-11,13H,3-4,9,12H2,1-2H3. The summed E-state index contributed by atoms with van der Waals surface area (Å²) in [5.41, 5.74) is 2.61. The number of rotatable bonds is 6. The summed E-state index contributed by atoms with van der Waals surface area (Å²) in [4.78, 5) is 6.39. The number of benzene rings is 1. The molecule has 3 heteroatoms. The van der Waals surface area contributed by atoms with E-state index in [-0.39, 0.29) is 0 Å². The van der Waals surface area contributed by atoms with E-state index < -0.39 is 0 Å². The first-order chi connectivity index (χ1) is 8.79. The van der Waals surface area contributed by atoms with Gasteiger partial charge in [0.1, 0.15) is 0 Å². The molecule has 0 fully saturated rings. The van der Waals surface area contributed by atoms with Crippen molar-refractivity contribution in [1.82, 2.24) is 9.55 Å². The maximum Gasteiger partial charge on any atom is 0.0949 e. The van der Waals surface area contributed by atoms with Gasteiger partial charge in [-0.15, -0.1) is 0 Å². The van der Waals surface area contributed by atoms with Crippen molar-refractivity contribution in [2.75, 3.05) is 18.5 Å². The van der Waals surface area contributed by atoms with Crippen molar-refractivity contribution < 1.29 is 0 Å². The van der Waals surface area contributed by atoms with Gasteiger partial charge in [-0.3, -0.25) is 0 Å². The minimum Gasteiger partial charge on any atom is -0.375 e. The average molecular weight is 243 g/mol. The summed E-state index contributed by atoms with van der Waals surface area (Å²) in [7, 11) is 2.16. The Labute approximate surface area is 109 Å². The molecule has 0 aliphatic heterocycles. The average Bonchev–Trinajstić information content (AvgIpc) is 2.89. The smallest absolute Gasteiger partial charge is 0.0949 e. The topological polar surface area (TPSA) is 21.1 Å². The number of nitrogens with zero attached hydrogens (tertiary/aromatic N) is 3. The van der Waals surface area contributed by atoms with Gasteiger partial charge in [-0.1, -0.05) is 25.5 Å². The summed E-state index contributed by atoms with van der Waals surface area (Å²) in [6.07, 6.45) is 8.14. The Morgan fingerprint density at radius 2 is 2.22 bits per heavy atom. The molecule has 0 N–H and O–H groups in total. The lowest BCUT2D eigenvalue weighted by atomic mass is 10.2. The molecule has 0 amide bonds. The normalized spacial score (nSPS) is 10.6. The van der Waals surface area contributed by atoms with Crippen LogP contribution in [0.5, 0.6) is 0 Å². The van der Waals surface area contributed by atoms with Crippen molar-refractivity contribution >= 4 is 5.69 Å². The Bertz CT molecular complexity index is 462. The molecular weight excluding hydrogens is 222 g/mol. The summed E-state index contributed by atoms with van der Waals surface area (Å²) in [6, 6.07) is 8.73. The van der Waals surface area contributed by atoms with Crippen molar-refractivity contribution in [1.29, 1.82) is 0 Å². The highest BCUT2D eigenvalue weighted by atomic mass is 15.1. The molecule has 0 aliphatic rings. The summed E-state index contributed by atoms with van der Waals surface area (Å²) >= 11 is 0. The van der Waals surface area contributed by atoms with E-state index in [1.807, 2.05) is 18.7 Å². The van der Waals surface area contributed by atoms with Crippen LogP contribution in [0.2, 0.25) is 0 Å². The molecule has 1 aromatic heterocycles. The third-order valence-corrected chi connectivity index (χ3v) is 3.12. The maximum absolute atomic E-state index is 4.07. The van der Waals surface area contributed by atoms with Gasteiger partial charge >= 0.3 is 0 Å². The quantitative estimate of drug-likeness (QED) is 0.777. The summed E-state index contributed by atoms with van der Waals surface area (Å²) in [5, 5.41) is 0. The van der Waals surface area contributed by atoms with E-state index in [1.165, 1.54) is 24.1 Å². The minimum atomic E-state index is 0.884. The molecule has 0 spiro atoms. The van der Waals surface area contributed by atoms with Gasteiger partial charge in [0.25, 0.3) is 0 Å². The summed E-state index contributed by atoms with van der Waals surface area (Å²) in [5.74, 6) is 0. The first-order valence-electron chi connectivity index (χ1n) is 6.55. The van der Waals surface area contributed by atoms with E-state index in [4.69, 9.17) is 0 Å². The van der Waals surface area contributed by atoms with Crippen LogP contribution in [-0.4, -0.2) is 23.1 Å². The first kappa shape index (κ1) is 12.7. The van der Waals surface area contributed by atoms with Crippen LogP contribution in [0, 0.1) is 0 Å². The lowest BCUT2D eigenvalue weighted by Crippen LogP contribution is -2.18. The van der Waals surface area contributed by atoms with Crippen LogP contribution in [0.4, 0.5) is 5.69 Å². The molecule has 0 aliphatic carbocycles. The van der Waals surface area contributed by atoms with Crippen molar-refractivity contribution in [3.8, 4) is 0 Å². The van der Waals surface area contributed by atoms with Crippen molar-refractivity contribution in [2.45, 2.75) is 26.3 Å². The number of imidazole rings is 1. The fourth-order valence-electron chi connectivity index (χ4n) is 2.01. The molecule has 96 valence electrons. The van der Waals surface area contributed by atoms with Crippen LogP contribution in [0.15, 0.2) is 43.0 Å². The van der Waals surface area contributed by atoms with Gasteiger partial charge in [-0.25, -0.2) is 4.98 Å². The highest BCUT2D eigenvalue weighted by molar-refractivity contribution is 5.47. The zero-order valence-electron chi connectivity index (χ0n) is 11.2. The van der Waals surface area contributed by atoms with Gasteiger partial charge in [0, 0.05) is 38.2 Å². The first-order valence-corrected chi connectivity index (χ1v) is 6.55. The number of unbranched alkanes of at least 4 members (excludes halogenated alkanes) is 1. The molecular formula is C15H21N3. The van der Waals surface area contributed by atoms with Crippen molar-refractivity contribution in [3.63, 3.8) is 0 Å². The molecule has 0 radical (unpaired) electrons. The molecule has 0 bridgehead atoms. The van der Waals surface area contributed by atoms with Gasteiger partial charge in [-0.2, -0.15) is 0 Å². The van der Waals surface area contributed by atoms with Gasteiger partial charge in [0.05, 0.1) is 6.33 Å². The highest BCUT2D eigenvalue weighted by Crippen LogP contribution is 2.16. The van der Waals surface area contributed by atoms with E-state index in [0.29, 0.717) is 0 Å². The fourth-order valence-corrected chi connectivity index (χ4v) is 2.01. The highest BCUT2D eigenvalue weighted by Gasteiger charge is 2.02. The van der Waals surface area contributed by atoms with E-state index >= 15 is 0 Å². The number of hydrogen-bond donors (Lipinski definition) is 0. The molecule has 0 atom stereocenters. The number of aromatic nitrogens is 2. The van der Waals surface area contributed by atoms with Gasteiger partial charge in [0.2, 0.25) is 0 Å². The monoisotopic (exact) mass is 243 g/mol. The molecule has 3 nitrogen and oxygen atoms in total. The predicted octanol–water partition coefficient (Wildman–Crippen LogP) is 3.17. The predicted molar refractivity (Wildman–Crippen MR) is 75.9 cm³/mol. The van der Waals surface area contributed by atoms with E-state index in [0.717, 1.165) is 13.1 Å². The van der Waals surface area contributed by atoms with Gasteiger partial charge in [0.15, 0.2) is 0 Å². The molecule has 1 heterocycles. The Morgan fingerprint density at radius 1 is 1.33 bits per heavy atom. The van der Waals surface area contributed by atoms with E-state index in [1.54, 1.807) is 0 Å². The second kappa shape index (κ2) is 6.24. The summed E-state index contributed by atoms with van der Waals surface area (Å²) in [6.45, 7) is 4.23. The van der Waals surface area contributed by atoms with E-state index in [2.05, 4.69) is 52.7 Å². The summed E-state index contributed by atoms with van der Waals surface area (Å²) < 4.78 is 2.09. The Kier molecular flexibility index (Phi) is 4.40. The van der Waals surface area contributed by atoms with Crippen LogP contribution in [-0.2, 0) is 6.54 Å². The third kappa shape index (κ3) is 3.36. The zero-order chi connectivity index (χ0) is 12.8. The molecule has 0 saturated heterocycles. The molecule has 2 aromatic rings. The second-order valence-electron chi connectivity index (χ2n) is 4.68. The second-order valence-corrected chi connectivity index (χ2v) is 4.68. The molecule has 1 aromatic carbocycles. The van der Waals surface area contributed by atoms with Crippen LogP contribution < -0.4 is 4.90 Å². The number of anilines is 1. The number of hydrogen-bond acceptors (Lipinski definition) is 2. The largest absolute Gasteiger partial charge is 0.375 e. The minimum absolute atomic E-state index is 0.884. The molecule has 2 rings (SSSR count). The fraction of sp³-hybridized carbons (Fsp3) is 0.400. The molecule has 0 unspecified atom stereocenters. The van der Waals surface area contributed by atoms with Crippen LogP contribution in [0.1, 0.15) is 25.3 Å². The van der Waals surface area contributed by atoms with E-state index in [9.17, 15) is 0 Å². The Balaban J connectivity index is 2.05. The van der Waals surface area contributed by atoms with Crippen LogP contribution in [0.25, 0.3) is 0 Å². The molecule has 0 saturated carbocycles. The van der Waals surface area contributed by atoms with Gasteiger partial charge in [-0.05, 0) is 24.1 Å². The zero-order valence-corrected chi connectivity index (χ0v) is 11.2. The van der Waals surface area contributed by atoms with Crippen LogP contribution in [0.3, 0.4) is 0 Å². The van der Waals surface area contributed by atoms with Gasteiger partial charge < -0.3 is 9.47 Å².